The molecule has 1 atom stereocenters. The highest BCUT2D eigenvalue weighted by Gasteiger charge is 2.32. The number of nitrogens with one attached hydrogen (secondary N) is 1. The molecule has 0 radical (unpaired) electrons. The number of carbonyl (C=O) groups excluding carboxylic acids is 2. The molecule has 0 aromatic heterocycles. The van der Waals surface area contributed by atoms with Gasteiger partial charge in [-0.25, -0.2) is 0 Å². The van der Waals surface area contributed by atoms with Gasteiger partial charge in [-0.3, -0.25) is 9.59 Å². The maximum Gasteiger partial charge on any atom is 0.243 e. The van der Waals surface area contributed by atoms with Crippen molar-refractivity contribution in [2.75, 3.05) is 5.75 Å². The second kappa shape index (κ2) is 13.1. The molecule has 1 N–H and O–H groups in total. The average Bonchev–Trinajstić information content (AvgIpc) is 2.82. The van der Waals surface area contributed by atoms with Gasteiger partial charge in [-0.1, -0.05) is 88.2 Å². The highest BCUT2D eigenvalue weighted by Crippen LogP contribution is 2.20. The van der Waals surface area contributed by atoms with E-state index in [1.165, 1.54) is 11.1 Å². The number of thioether (sulfide) groups is 1. The Morgan fingerprint density at radius 1 is 0.917 bits per heavy atom. The lowest BCUT2D eigenvalue weighted by molar-refractivity contribution is -0.140. The van der Waals surface area contributed by atoms with E-state index in [4.69, 9.17) is 0 Å². The van der Waals surface area contributed by atoms with Crippen LogP contribution < -0.4 is 5.32 Å². The van der Waals surface area contributed by atoms with E-state index in [1.54, 1.807) is 16.7 Å². The summed E-state index contributed by atoms with van der Waals surface area (Å²) in [6.07, 6.45) is 0.452. The monoisotopic (exact) mass is 566 g/mol. The molecular weight excluding hydrogens is 532 g/mol. The molecule has 3 aromatic carbocycles. The Balaban J connectivity index is 1.86. The first-order chi connectivity index (χ1) is 17.1. The molecule has 190 valence electrons. The van der Waals surface area contributed by atoms with E-state index in [9.17, 15) is 9.59 Å². The summed E-state index contributed by atoms with van der Waals surface area (Å²) in [7, 11) is 0. The number of aryl methyl sites for hydroxylation is 1. The van der Waals surface area contributed by atoms with E-state index in [1.807, 2.05) is 81.4 Å². The van der Waals surface area contributed by atoms with Crippen molar-refractivity contribution in [2.45, 2.75) is 58.0 Å². The Kier molecular flexibility index (Phi) is 10.2. The third-order valence-corrected chi connectivity index (χ3v) is 7.13. The van der Waals surface area contributed by atoms with Gasteiger partial charge < -0.3 is 10.2 Å². The Bertz CT molecular complexity index is 1140. The van der Waals surface area contributed by atoms with E-state index in [-0.39, 0.29) is 11.8 Å². The maximum absolute atomic E-state index is 13.7. The summed E-state index contributed by atoms with van der Waals surface area (Å²) in [5.41, 5.74) is 4.00. The van der Waals surface area contributed by atoms with Crippen LogP contribution in [0.2, 0.25) is 0 Å². The van der Waals surface area contributed by atoms with E-state index in [0.717, 1.165) is 21.4 Å². The van der Waals surface area contributed by atoms with Crippen LogP contribution in [-0.2, 0) is 28.3 Å². The molecule has 3 aromatic rings. The van der Waals surface area contributed by atoms with Crippen LogP contribution in [0.15, 0.2) is 83.3 Å². The first kappa shape index (κ1) is 28.0. The Morgan fingerprint density at radius 3 is 2.22 bits per heavy atom. The number of benzene rings is 3. The minimum absolute atomic E-state index is 0.0411. The van der Waals surface area contributed by atoms with Gasteiger partial charge in [-0.05, 0) is 56.5 Å². The maximum atomic E-state index is 13.7. The van der Waals surface area contributed by atoms with Gasteiger partial charge in [-0.2, -0.15) is 0 Å². The zero-order valence-electron chi connectivity index (χ0n) is 21.5. The third kappa shape index (κ3) is 9.14. The fourth-order valence-corrected chi connectivity index (χ4v) is 5.06. The van der Waals surface area contributed by atoms with Crippen molar-refractivity contribution in [3.05, 3.63) is 106 Å². The molecule has 0 bridgehead atoms. The summed E-state index contributed by atoms with van der Waals surface area (Å²) in [5, 5.41) is 3.11. The fourth-order valence-electron chi connectivity index (χ4n) is 3.93. The fraction of sp³-hybridized carbons (Fsp3) is 0.333. The topological polar surface area (TPSA) is 49.4 Å². The minimum atomic E-state index is -0.623. The number of carbonyl (C=O) groups is 2. The molecule has 1 unspecified atom stereocenters. The van der Waals surface area contributed by atoms with Gasteiger partial charge in [-0.15, -0.1) is 11.8 Å². The minimum Gasteiger partial charge on any atom is -0.350 e. The highest BCUT2D eigenvalue weighted by atomic mass is 79.9. The molecule has 0 fully saturated rings. The number of amides is 2. The number of hydrogen-bond acceptors (Lipinski definition) is 3. The van der Waals surface area contributed by atoms with Crippen molar-refractivity contribution in [3.8, 4) is 0 Å². The summed E-state index contributed by atoms with van der Waals surface area (Å²) in [4.78, 5) is 29.0. The Labute approximate surface area is 228 Å². The molecule has 36 heavy (non-hydrogen) atoms. The number of hydrogen-bond donors (Lipinski definition) is 1. The van der Waals surface area contributed by atoms with Crippen molar-refractivity contribution in [1.29, 1.82) is 0 Å². The van der Waals surface area contributed by atoms with Gasteiger partial charge >= 0.3 is 0 Å². The van der Waals surface area contributed by atoms with Crippen molar-refractivity contribution >= 4 is 39.5 Å². The first-order valence-corrected chi connectivity index (χ1v) is 14.1. The van der Waals surface area contributed by atoms with Gasteiger partial charge in [0.25, 0.3) is 0 Å². The second-order valence-corrected chi connectivity index (χ2v) is 12.0. The van der Waals surface area contributed by atoms with Gasteiger partial charge in [0.05, 0.1) is 5.75 Å². The molecule has 0 aliphatic rings. The molecule has 2 amide bonds. The van der Waals surface area contributed by atoms with Crippen LogP contribution in [-0.4, -0.2) is 34.0 Å². The largest absolute Gasteiger partial charge is 0.350 e. The van der Waals surface area contributed by atoms with E-state index < -0.39 is 11.6 Å². The smallest absolute Gasteiger partial charge is 0.243 e. The quantitative estimate of drug-likeness (QED) is 0.303. The summed E-state index contributed by atoms with van der Waals surface area (Å²) >= 11 is 5.07. The summed E-state index contributed by atoms with van der Waals surface area (Å²) in [6, 6.07) is 25.5. The van der Waals surface area contributed by atoms with E-state index >= 15 is 0 Å². The molecule has 0 aliphatic heterocycles. The normalized spacial score (nSPS) is 12.1. The molecule has 3 rings (SSSR count). The second-order valence-electron chi connectivity index (χ2n) is 10.1. The molecule has 0 spiro atoms. The predicted molar refractivity (Wildman–Crippen MR) is 154 cm³/mol. The number of rotatable bonds is 10. The van der Waals surface area contributed by atoms with E-state index in [0.29, 0.717) is 18.7 Å². The molecule has 0 aliphatic carbocycles. The molecule has 0 heterocycles. The third-order valence-electron chi connectivity index (χ3n) is 5.61. The molecule has 4 nitrogen and oxygen atoms in total. The molecule has 0 saturated heterocycles. The zero-order valence-corrected chi connectivity index (χ0v) is 23.9. The number of halogens is 1. The van der Waals surface area contributed by atoms with Gasteiger partial charge in [0, 0.05) is 28.7 Å². The summed E-state index contributed by atoms with van der Waals surface area (Å²) in [6.45, 7) is 8.32. The number of nitrogens with zero attached hydrogens (tertiary/aromatic N) is 1. The average molecular weight is 568 g/mol. The van der Waals surface area contributed by atoms with Crippen molar-refractivity contribution in [1.82, 2.24) is 10.2 Å². The lowest BCUT2D eigenvalue weighted by atomic mass is 10.0. The SMILES string of the molecule is Cc1cccc(CSCC(=O)N(Cc2ccc(Br)cc2)C(Cc2ccccc2)C(=O)NC(C)(C)C)c1. The first-order valence-electron chi connectivity index (χ1n) is 12.1. The van der Waals surface area contributed by atoms with E-state index in [2.05, 4.69) is 46.4 Å². The van der Waals surface area contributed by atoms with Gasteiger partial charge in [0.15, 0.2) is 0 Å². The van der Waals surface area contributed by atoms with Crippen LogP contribution in [0.3, 0.4) is 0 Å². The van der Waals surface area contributed by atoms with Crippen molar-refractivity contribution < 1.29 is 9.59 Å². The van der Waals surface area contributed by atoms with Crippen LogP contribution >= 0.6 is 27.7 Å². The van der Waals surface area contributed by atoms with Gasteiger partial charge in [0.2, 0.25) is 11.8 Å². The lowest BCUT2D eigenvalue weighted by Crippen LogP contribution is -2.54. The van der Waals surface area contributed by atoms with Crippen LogP contribution in [0.25, 0.3) is 0 Å². The predicted octanol–water partition coefficient (Wildman–Crippen LogP) is 6.55. The van der Waals surface area contributed by atoms with Crippen LogP contribution in [0.5, 0.6) is 0 Å². The van der Waals surface area contributed by atoms with Crippen LogP contribution in [0.1, 0.15) is 43.0 Å². The lowest BCUT2D eigenvalue weighted by Gasteiger charge is -2.34. The van der Waals surface area contributed by atoms with Crippen LogP contribution in [0, 0.1) is 6.92 Å². The van der Waals surface area contributed by atoms with Gasteiger partial charge in [0.1, 0.15) is 6.04 Å². The Morgan fingerprint density at radius 2 is 1.58 bits per heavy atom. The summed E-state index contributed by atoms with van der Waals surface area (Å²) in [5.74, 6) is 0.872. The molecule has 0 saturated carbocycles. The van der Waals surface area contributed by atoms with Crippen molar-refractivity contribution in [2.24, 2.45) is 0 Å². The van der Waals surface area contributed by atoms with Crippen molar-refractivity contribution in [3.63, 3.8) is 0 Å². The standard InChI is InChI=1S/C30H35BrN2O2S/c1-22-9-8-12-25(17-22)20-36-21-28(34)33(19-24-13-15-26(31)16-14-24)27(29(35)32-30(2,3)4)18-23-10-6-5-7-11-23/h5-17,27H,18-21H2,1-4H3,(H,32,35). The van der Waals surface area contributed by atoms with Crippen LogP contribution in [0.4, 0.5) is 0 Å². The highest BCUT2D eigenvalue weighted by molar-refractivity contribution is 9.10. The summed E-state index contributed by atoms with van der Waals surface area (Å²) < 4.78 is 0.976. The zero-order chi connectivity index (χ0) is 26.1. The molecular formula is C30H35BrN2O2S. The molecule has 6 heteroatoms. The Hall–Kier alpha value is -2.57.